The third-order valence-electron chi connectivity index (χ3n) is 5.06. The molecule has 142 valence electrons. The summed E-state index contributed by atoms with van der Waals surface area (Å²) in [6.07, 6.45) is -0.730. The van der Waals surface area contributed by atoms with Gasteiger partial charge in [-0.2, -0.15) is 0 Å². The molecule has 2 N–H and O–H groups in total. The van der Waals surface area contributed by atoms with Crippen LogP contribution in [0, 0.1) is 5.41 Å². The molecule has 0 heterocycles. The van der Waals surface area contributed by atoms with Crippen LogP contribution in [-0.4, -0.2) is 29.8 Å². The quantitative estimate of drug-likeness (QED) is 0.820. The maximum absolute atomic E-state index is 12.3. The first-order valence-corrected chi connectivity index (χ1v) is 9.10. The lowest BCUT2D eigenvalue weighted by Crippen LogP contribution is -2.45. The number of carbonyl (C=O) groups excluding carboxylic acids is 1. The highest BCUT2D eigenvalue weighted by Gasteiger charge is 2.31. The predicted molar refractivity (Wildman–Crippen MR) is 104 cm³/mol. The monoisotopic (exact) mass is 367 g/mol. The zero-order chi connectivity index (χ0) is 19.6. The van der Waals surface area contributed by atoms with Crippen LogP contribution < -0.4 is 5.32 Å². The minimum atomic E-state index is -0.950. The minimum Gasteiger partial charge on any atom is -0.481 e. The number of amides is 1. The molecule has 1 aliphatic rings. The van der Waals surface area contributed by atoms with E-state index in [2.05, 4.69) is 29.6 Å². The van der Waals surface area contributed by atoms with E-state index in [0.717, 1.165) is 11.1 Å². The lowest BCUT2D eigenvalue weighted by Gasteiger charge is -2.30. The van der Waals surface area contributed by atoms with Gasteiger partial charge in [-0.3, -0.25) is 4.79 Å². The van der Waals surface area contributed by atoms with Gasteiger partial charge < -0.3 is 15.2 Å². The van der Waals surface area contributed by atoms with E-state index in [1.54, 1.807) is 0 Å². The summed E-state index contributed by atoms with van der Waals surface area (Å²) in [6, 6.07) is 15.8. The number of carbonyl (C=O) groups is 2. The molecule has 0 fully saturated rings. The SMILES string of the molecule is CC(C)(C)C(CC(=O)O)NC(=O)OCC1c2ccccc2-c2ccccc21. The number of carboxylic acids is 1. The van der Waals surface area contributed by atoms with Crippen molar-refractivity contribution in [2.45, 2.75) is 39.2 Å². The highest BCUT2D eigenvalue weighted by Crippen LogP contribution is 2.44. The normalized spacial score (nSPS) is 14.2. The summed E-state index contributed by atoms with van der Waals surface area (Å²) < 4.78 is 5.50. The Kier molecular flexibility index (Phi) is 5.22. The maximum Gasteiger partial charge on any atom is 0.407 e. The van der Waals surface area contributed by atoms with Crippen molar-refractivity contribution >= 4 is 12.1 Å². The molecule has 2 aromatic carbocycles. The molecule has 1 atom stereocenters. The molecular weight excluding hydrogens is 342 g/mol. The van der Waals surface area contributed by atoms with Crippen LogP contribution in [-0.2, 0) is 9.53 Å². The van der Waals surface area contributed by atoms with E-state index in [0.29, 0.717) is 0 Å². The molecule has 3 rings (SSSR count). The standard InChI is InChI=1S/C22H25NO4/c1-22(2,3)19(12-20(24)25)23-21(26)27-13-18-16-10-6-4-8-14(16)15-9-5-7-11-17(15)18/h4-11,18-19H,12-13H2,1-3H3,(H,23,26)(H,24,25). The number of nitrogens with one attached hydrogen (secondary N) is 1. The van der Waals surface area contributed by atoms with Gasteiger partial charge in [0.2, 0.25) is 0 Å². The number of hydrogen-bond acceptors (Lipinski definition) is 3. The third-order valence-corrected chi connectivity index (χ3v) is 5.06. The fraction of sp³-hybridized carbons (Fsp3) is 0.364. The van der Waals surface area contributed by atoms with E-state index >= 15 is 0 Å². The fourth-order valence-corrected chi connectivity index (χ4v) is 3.53. The zero-order valence-corrected chi connectivity index (χ0v) is 15.9. The summed E-state index contributed by atoms with van der Waals surface area (Å²) >= 11 is 0. The van der Waals surface area contributed by atoms with Gasteiger partial charge in [-0.1, -0.05) is 69.3 Å². The number of aliphatic carboxylic acids is 1. The van der Waals surface area contributed by atoms with Crippen molar-refractivity contribution in [1.82, 2.24) is 5.32 Å². The molecule has 0 saturated heterocycles. The Bertz CT molecular complexity index is 808. The average molecular weight is 367 g/mol. The van der Waals surface area contributed by atoms with E-state index in [9.17, 15) is 9.59 Å². The second-order valence-electron chi connectivity index (χ2n) is 7.99. The second-order valence-corrected chi connectivity index (χ2v) is 7.99. The summed E-state index contributed by atoms with van der Waals surface area (Å²) in [5, 5.41) is 11.8. The molecular formula is C22H25NO4. The molecule has 0 saturated carbocycles. The van der Waals surface area contributed by atoms with Crippen LogP contribution in [0.1, 0.15) is 44.2 Å². The molecule has 1 amide bonds. The van der Waals surface area contributed by atoms with Gasteiger partial charge in [-0.25, -0.2) is 4.79 Å². The topological polar surface area (TPSA) is 75.6 Å². The molecule has 5 heteroatoms. The third kappa shape index (κ3) is 4.13. The second kappa shape index (κ2) is 7.43. The van der Waals surface area contributed by atoms with Crippen LogP contribution in [0.2, 0.25) is 0 Å². The van der Waals surface area contributed by atoms with Crippen LogP contribution in [0.15, 0.2) is 48.5 Å². The molecule has 1 unspecified atom stereocenters. The molecule has 0 spiro atoms. The average Bonchev–Trinajstić information content (AvgIpc) is 2.92. The Balaban J connectivity index is 1.71. The first-order valence-electron chi connectivity index (χ1n) is 9.10. The number of hydrogen-bond donors (Lipinski definition) is 2. The Morgan fingerprint density at radius 1 is 1.04 bits per heavy atom. The van der Waals surface area contributed by atoms with Crippen LogP contribution in [0.25, 0.3) is 11.1 Å². The number of fused-ring (bicyclic) bond motifs is 3. The van der Waals surface area contributed by atoms with Gasteiger partial charge in [0.05, 0.1) is 6.42 Å². The van der Waals surface area contributed by atoms with Crippen LogP contribution in [0.5, 0.6) is 0 Å². The zero-order valence-electron chi connectivity index (χ0n) is 15.9. The number of alkyl carbamates (subject to hydrolysis) is 1. The molecule has 0 radical (unpaired) electrons. The Morgan fingerprint density at radius 2 is 1.56 bits per heavy atom. The predicted octanol–water partition coefficient (Wildman–Crippen LogP) is 4.41. The number of ether oxygens (including phenoxy) is 1. The van der Waals surface area contributed by atoms with Crippen molar-refractivity contribution < 1.29 is 19.4 Å². The molecule has 1 aliphatic carbocycles. The van der Waals surface area contributed by atoms with Crippen LogP contribution in [0.4, 0.5) is 4.79 Å². The van der Waals surface area contributed by atoms with E-state index < -0.39 is 18.1 Å². The molecule has 27 heavy (non-hydrogen) atoms. The Morgan fingerprint density at radius 3 is 2.04 bits per heavy atom. The maximum atomic E-state index is 12.3. The van der Waals surface area contributed by atoms with Crippen LogP contribution in [0.3, 0.4) is 0 Å². The largest absolute Gasteiger partial charge is 0.481 e. The van der Waals surface area contributed by atoms with Gasteiger partial charge in [-0.05, 0) is 27.7 Å². The van der Waals surface area contributed by atoms with Gasteiger partial charge in [0.25, 0.3) is 0 Å². The van der Waals surface area contributed by atoms with Crippen LogP contribution >= 0.6 is 0 Å². The summed E-state index contributed by atoms with van der Waals surface area (Å²) in [4.78, 5) is 23.4. The fourth-order valence-electron chi connectivity index (χ4n) is 3.53. The molecule has 5 nitrogen and oxygen atoms in total. The number of rotatable bonds is 5. The number of benzene rings is 2. The van der Waals surface area contributed by atoms with Gasteiger partial charge in [0.1, 0.15) is 6.61 Å². The summed E-state index contributed by atoms with van der Waals surface area (Å²) in [5.41, 5.74) is 4.24. The molecule has 0 bridgehead atoms. The van der Waals surface area contributed by atoms with Crippen molar-refractivity contribution in [2.75, 3.05) is 6.61 Å². The lowest BCUT2D eigenvalue weighted by atomic mass is 9.85. The summed E-state index contributed by atoms with van der Waals surface area (Å²) in [5.74, 6) is -0.968. The summed E-state index contributed by atoms with van der Waals surface area (Å²) in [7, 11) is 0. The van der Waals surface area contributed by atoms with Gasteiger partial charge in [-0.15, -0.1) is 0 Å². The highest BCUT2D eigenvalue weighted by atomic mass is 16.5. The van der Waals surface area contributed by atoms with Gasteiger partial charge >= 0.3 is 12.1 Å². The van der Waals surface area contributed by atoms with Crippen molar-refractivity contribution in [1.29, 1.82) is 0 Å². The van der Waals surface area contributed by atoms with E-state index in [1.165, 1.54) is 11.1 Å². The first kappa shape index (κ1) is 19.0. The van der Waals surface area contributed by atoms with E-state index in [-0.39, 0.29) is 24.4 Å². The van der Waals surface area contributed by atoms with E-state index in [4.69, 9.17) is 9.84 Å². The number of carboxylic acid groups (broad SMARTS) is 1. The highest BCUT2D eigenvalue weighted by molar-refractivity contribution is 5.79. The molecule has 0 aromatic heterocycles. The van der Waals surface area contributed by atoms with Crippen molar-refractivity contribution in [3.8, 4) is 11.1 Å². The molecule has 0 aliphatic heterocycles. The van der Waals surface area contributed by atoms with Crippen molar-refractivity contribution in [3.05, 3.63) is 59.7 Å². The molecule has 2 aromatic rings. The Labute approximate surface area is 159 Å². The van der Waals surface area contributed by atoms with Gasteiger partial charge in [0.15, 0.2) is 0 Å². The first-order chi connectivity index (χ1) is 12.8. The Hall–Kier alpha value is -2.82. The van der Waals surface area contributed by atoms with Crippen molar-refractivity contribution in [3.63, 3.8) is 0 Å². The summed E-state index contributed by atoms with van der Waals surface area (Å²) in [6.45, 7) is 5.89. The van der Waals surface area contributed by atoms with Crippen molar-refractivity contribution in [2.24, 2.45) is 5.41 Å². The van der Waals surface area contributed by atoms with Gasteiger partial charge in [0, 0.05) is 12.0 Å². The minimum absolute atomic E-state index is 0.0179. The lowest BCUT2D eigenvalue weighted by molar-refractivity contribution is -0.138. The van der Waals surface area contributed by atoms with E-state index in [1.807, 2.05) is 45.0 Å². The smallest absolute Gasteiger partial charge is 0.407 e.